The van der Waals surface area contributed by atoms with Gasteiger partial charge in [-0.25, -0.2) is 0 Å². The summed E-state index contributed by atoms with van der Waals surface area (Å²) in [5, 5.41) is 52.8. The summed E-state index contributed by atoms with van der Waals surface area (Å²) in [6, 6.07) is 38.3. The van der Waals surface area contributed by atoms with Crippen LogP contribution in [0.4, 0.5) is 17.1 Å². The van der Waals surface area contributed by atoms with Crippen LogP contribution in [-0.4, -0.2) is 127 Å². The molecule has 7 rings (SSSR count). The third kappa shape index (κ3) is 17.3. The number of aliphatic hydroxyl groups is 5. The first-order chi connectivity index (χ1) is 37.4. The standard InChI is InChI=1S/C60H61Cl5N4O8/c61-32-49(70)27-46(8-4-5-9-57(75)42-16-23-56-54(26-42)55(37-66-56)60-59(76-24-25-77-60)41-6-2-1-3-7-41)67-43-17-10-38(11-18-43)58(39-12-19-44(20-13-39)68-47(28-50(71)33-62)29-51(72)34-63)40-14-21-45(22-15-40)69-48(30-52(73)35-64)31-53(74)36-65/h1-7,10-23,26,37,49-53,70-74H,8-9,24-25,27-36H2/p+1/b5-4-,67-46?,68-47?,69-48?. The van der Waals surface area contributed by atoms with E-state index in [4.69, 9.17) is 82.5 Å². The number of aliphatic imine (C=N–C) groups is 3. The van der Waals surface area contributed by atoms with Gasteiger partial charge in [0.25, 0.3) is 0 Å². The lowest BCUT2D eigenvalue weighted by Gasteiger charge is -2.22. The Morgan fingerprint density at radius 2 is 0.948 bits per heavy atom. The van der Waals surface area contributed by atoms with Crippen LogP contribution in [0.15, 0.2) is 155 Å². The van der Waals surface area contributed by atoms with Crippen LogP contribution in [0, 0.1) is 5.92 Å². The minimum absolute atomic E-state index is 0.0162. The number of halogens is 5. The van der Waals surface area contributed by atoms with Crippen molar-refractivity contribution in [3.05, 3.63) is 179 Å². The molecule has 6 aromatic rings. The summed E-state index contributed by atoms with van der Waals surface area (Å²) in [5.74, 6) is 2.17. The van der Waals surface area contributed by atoms with E-state index in [1.807, 2.05) is 140 Å². The van der Waals surface area contributed by atoms with Crippen LogP contribution >= 0.6 is 58.0 Å². The quantitative estimate of drug-likeness (QED) is 0.00699. The lowest BCUT2D eigenvalue weighted by Crippen LogP contribution is -2.20. The van der Waals surface area contributed by atoms with Gasteiger partial charge in [-0.1, -0.05) is 42.5 Å². The Hall–Kier alpha value is -5.48. The summed E-state index contributed by atoms with van der Waals surface area (Å²) in [4.78, 5) is 31.4. The van der Waals surface area contributed by atoms with Crippen molar-refractivity contribution < 1.29 is 39.8 Å². The van der Waals surface area contributed by atoms with Crippen molar-refractivity contribution in [1.29, 1.82) is 0 Å². The summed E-state index contributed by atoms with van der Waals surface area (Å²) < 4.78 is 12.2. The average Bonchev–Trinajstić information content (AvgIpc) is 3.90. The number of ether oxygens (including phenoxy) is 2. The van der Waals surface area contributed by atoms with Gasteiger partial charge in [-0.3, -0.25) is 19.8 Å². The highest BCUT2D eigenvalue weighted by molar-refractivity contribution is 6.19. The molecule has 12 nitrogen and oxygen atoms in total. The third-order valence-electron chi connectivity index (χ3n) is 12.5. The highest BCUT2D eigenvalue weighted by atomic mass is 35.5. The Balaban J connectivity index is 1.13. The maximum absolute atomic E-state index is 13.7. The molecule has 77 heavy (non-hydrogen) atoms. The van der Waals surface area contributed by atoms with E-state index in [2.05, 4.69) is 4.98 Å². The molecule has 5 unspecified atom stereocenters. The van der Waals surface area contributed by atoms with Crippen molar-refractivity contribution in [2.45, 2.75) is 75.5 Å². The normalized spacial score (nSPS) is 14.9. The Bertz CT molecular complexity index is 2890. The number of fused-ring (bicyclic) bond motifs is 1. The number of aromatic nitrogens is 1. The van der Waals surface area contributed by atoms with Gasteiger partial charge in [0, 0.05) is 125 Å². The molecule has 0 saturated carbocycles. The molecule has 0 fully saturated rings. The summed E-state index contributed by atoms with van der Waals surface area (Å²) >= 11 is 29.7. The molecule has 0 saturated heterocycles. The molecule has 0 amide bonds. The zero-order chi connectivity index (χ0) is 54.7. The fourth-order valence-electron chi connectivity index (χ4n) is 8.74. The van der Waals surface area contributed by atoms with Crippen LogP contribution in [0.2, 0.25) is 0 Å². The van der Waals surface area contributed by atoms with Crippen molar-refractivity contribution in [3.63, 3.8) is 0 Å². The number of Topliss-reactive ketones (excluding diaryl/α,β-unsaturated/α-hetero) is 1. The Morgan fingerprint density at radius 1 is 0.532 bits per heavy atom. The van der Waals surface area contributed by atoms with Gasteiger partial charge < -0.3 is 40.0 Å². The first kappa shape index (κ1) is 59.2. The van der Waals surface area contributed by atoms with E-state index in [-0.39, 0.29) is 73.7 Å². The number of alkyl halides is 5. The number of rotatable bonds is 28. The van der Waals surface area contributed by atoms with E-state index in [9.17, 15) is 30.3 Å². The lowest BCUT2D eigenvalue weighted by molar-refractivity contribution is 0.0995. The number of hydrogen-bond donors (Lipinski definition) is 6. The van der Waals surface area contributed by atoms with E-state index < -0.39 is 30.5 Å². The van der Waals surface area contributed by atoms with Crippen molar-refractivity contribution in [3.8, 4) is 0 Å². The molecule has 5 aromatic carbocycles. The first-order valence-electron chi connectivity index (χ1n) is 25.3. The predicted octanol–water partition coefficient (Wildman–Crippen LogP) is 12.4. The molecule has 17 heteroatoms. The monoisotopic (exact) mass is 1140 g/mol. The van der Waals surface area contributed by atoms with Crippen LogP contribution in [-0.2, 0) is 9.47 Å². The Kier molecular flexibility index (Phi) is 23.1. The van der Waals surface area contributed by atoms with Crippen LogP contribution in [0.3, 0.4) is 0 Å². The second-order valence-electron chi connectivity index (χ2n) is 18.6. The van der Waals surface area contributed by atoms with Crippen molar-refractivity contribution >= 4 is 120 Å². The lowest BCUT2D eigenvalue weighted by atomic mass is 9.85. The molecule has 1 aromatic heterocycles. The Labute approximate surface area is 474 Å². The van der Waals surface area contributed by atoms with E-state index in [0.717, 1.165) is 44.6 Å². The minimum Gasteiger partial charge on any atom is -0.485 e. The molecule has 2 heterocycles. The van der Waals surface area contributed by atoms with Crippen LogP contribution in [0.5, 0.6) is 0 Å². The molecule has 1 aliphatic heterocycles. The van der Waals surface area contributed by atoms with E-state index in [1.54, 1.807) is 0 Å². The van der Waals surface area contributed by atoms with Gasteiger partial charge in [0.05, 0.1) is 70.2 Å². The number of carbonyl (C=O) groups is 1. The molecular weight excluding hydrogens is 1080 g/mol. The van der Waals surface area contributed by atoms with Gasteiger partial charge in [-0.2, -0.15) is 0 Å². The first-order valence-corrected chi connectivity index (χ1v) is 28.0. The molecule has 6 N–H and O–H groups in total. The number of aliphatic hydroxyl groups excluding tert-OH is 5. The SMILES string of the molecule is O=C(C/C=C\CC(CC(O)CCl)=Nc1ccc([C+](c2ccc(N=C(CC(O)CCl)CC(O)CCl)cc2)c2ccc(N=C(CC(O)CCl)CC(O)CCl)cc2)cc1)c1ccc2[nH]cc(C3=C(c4ccccc4)OCCO3)c2c1. The maximum Gasteiger partial charge on any atom is 0.171 e. The highest BCUT2D eigenvalue weighted by Crippen LogP contribution is 2.37. The Morgan fingerprint density at radius 3 is 1.40 bits per heavy atom. The van der Waals surface area contributed by atoms with Gasteiger partial charge in [0.15, 0.2) is 17.3 Å². The fourth-order valence-corrected chi connectivity index (χ4v) is 9.29. The zero-order valence-corrected chi connectivity index (χ0v) is 46.0. The van der Waals surface area contributed by atoms with Crippen molar-refractivity contribution in [2.75, 3.05) is 42.6 Å². The highest BCUT2D eigenvalue weighted by Gasteiger charge is 2.25. The number of nitrogens with zero attached hydrogens (tertiary/aromatic N) is 3. The van der Waals surface area contributed by atoms with Crippen LogP contribution < -0.4 is 0 Å². The minimum atomic E-state index is -0.836. The summed E-state index contributed by atoms with van der Waals surface area (Å²) in [6.07, 6.45) is 2.85. The largest absolute Gasteiger partial charge is 0.485 e. The van der Waals surface area contributed by atoms with Crippen LogP contribution in [0.25, 0.3) is 22.4 Å². The number of H-pyrrole nitrogens is 1. The molecule has 1 aliphatic rings. The number of hydrogen-bond acceptors (Lipinski definition) is 11. The molecule has 0 aliphatic carbocycles. The summed E-state index contributed by atoms with van der Waals surface area (Å²) in [5.41, 5.74) is 9.38. The second-order valence-corrected chi connectivity index (χ2v) is 20.1. The van der Waals surface area contributed by atoms with Gasteiger partial charge >= 0.3 is 0 Å². The number of nitrogens with one attached hydrogen (secondary N) is 1. The molecule has 5 atom stereocenters. The number of ketones is 1. The van der Waals surface area contributed by atoms with Crippen molar-refractivity contribution in [2.24, 2.45) is 15.0 Å². The summed E-state index contributed by atoms with van der Waals surface area (Å²) in [6.45, 7) is 0.843. The van der Waals surface area contributed by atoms with E-state index >= 15 is 0 Å². The van der Waals surface area contributed by atoms with E-state index in [0.29, 0.717) is 70.9 Å². The molecule has 0 radical (unpaired) electrons. The van der Waals surface area contributed by atoms with Crippen LogP contribution in [0.1, 0.15) is 83.1 Å². The average molecular weight is 1140 g/mol. The topological polar surface area (TPSA) is 190 Å². The summed E-state index contributed by atoms with van der Waals surface area (Å²) in [7, 11) is 0. The van der Waals surface area contributed by atoms with E-state index in [1.165, 1.54) is 0 Å². The van der Waals surface area contributed by atoms with Gasteiger partial charge in [-0.15, -0.1) is 58.0 Å². The molecule has 0 bridgehead atoms. The predicted molar refractivity (Wildman–Crippen MR) is 314 cm³/mol. The molecule has 0 spiro atoms. The smallest absolute Gasteiger partial charge is 0.171 e. The second kappa shape index (κ2) is 30.0. The number of aromatic amines is 1. The zero-order valence-electron chi connectivity index (χ0n) is 42.3. The van der Waals surface area contributed by atoms with Gasteiger partial charge in [0.1, 0.15) is 13.2 Å². The number of benzene rings is 5. The van der Waals surface area contributed by atoms with Gasteiger partial charge in [-0.05, 0) is 91.0 Å². The number of carbonyl (C=O) groups excluding carboxylic acids is 1. The molecule has 404 valence electrons. The molecular formula is C60H62Cl5N4O8+. The van der Waals surface area contributed by atoms with Crippen molar-refractivity contribution in [1.82, 2.24) is 4.98 Å². The van der Waals surface area contributed by atoms with Gasteiger partial charge in [0.2, 0.25) is 0 Å². The third-order valence-corrected chi connectivity index (χ3v) is 14.2. The maximum atomic E-state index is 13.7. The fraction of sp³-hybridized carbons (Fsp3) is 0.317. The number of allylic oxidation sites excluding steroid dienone is 2.